The zero-order chi connectivity index (χ0) is 14.9. The third-order valence-electron chi connectivity index (χ3n) is 3.75. The lowest BCUT2D eigenvalue weighted by Crippen LogP contribution is -2.52. The summed E-state index contributed by atoms with van der Waals surface area (Å²) in [6, 6.07) is -0.0203. The molecule has 1 amide bonds. The van der Waals surface area contributed by atoms with Crippen LogP contribution in [-0.4, -0.2) is 32.9 Å². The summed E-state index contributed by atoms with van der Waals surface area (Å²) < 4.78 is 1.71. The first-order chi connectivity index (χ1) is 9.44. The minimum atomic E-state index is -0.0203. The van der Waals surface area contributed by atoms with Crippen LogP contribution < -0.4 is 0 Å². The van der Waals surface area contributed by atoms with Gasteiger partial charge in [-0.2, -0.15) is 4.48 Å². The van der Waals surface area contributed by atoms with Gasteiger partial charge in [0.2, 0.25) is 6.34 Å². The predicted octanol–water partition coefficient (Wildman–Crippen LogP) is 3.25. The Hall–Kier alpha value is -1.75. The van der Waals surface area contributed by atoms with Gasteiger partial charge in [-0.05, 0) is 6.92 Å². The van der Waals surface area contributed by atoms with E-state index in [4.69, 9.17) is 0 Å². The fraction of sp³-hybridized carbons (Fsp3) is 0.533. The predicted molar refractivity (Wildman–Crippen MR) is 79.0 cm³/mol. The second-order valence-electron chi connectivity index (χ2n) is 5.76. The largest absolute Gasteiger partial charge is 0.439 e. The number of aromatic nitrogens is 2. The summed E-state index contributed by atoms with van der Waals surface area (Å²) in [7, 11) is 0. The maximum Gasteiger partial charge on any atom is 0.439 e. The molecule has 0 aliphatic carbocycles. The van der Waals surface area contributed by atoms with Crippen molar-refractivity contribution in [2.24, 2.45) is 16.8 Å². The molecule has 2 rings (SSSR count). The zero-order valence-electron chi connectivity index (χ0n) is 12.9. The number of rotatable bonds is 3. The maximum absolute atomic E-state index is 12.9. The number of allylic oxidation sites excluding steroid dienone is 2. The van der Waals surface area contributed by atoms with E-state index in [1.807, 2.05) is 6.92 Å². The van der Waals surface area contributed by atoms with Gasteiger partial charge in [-0.3, -0.25) is 0 Å². The van der Waals surface area contributed by atoms with Crippen LogP contribution in [0.2, 0.25) is 0 Å². The molecule has 108 valence electrons. The molecule has 5 nitrogen and oxygen atoms in total. The lowest BCUT2D eigenvalue weighted by atomic mass is 10.00. The van der Waals surface area contributed by atoms with Crippen molar-refractivity contribution in [3.63, 3.8) is 0 Å². The average molecular weight is 275 g/mol. The quantitative estimate of drug-likeness (QED) is 0.795. The Balaban J connectivity index is 2.56. The van der Waals surface area contributed by atoms with Crippen molar-refractivity contribution in [1.82, 2.24) is 9.55 Å². The van der Waals surface area contributed by atoms with E-state index in [1.54, 1.807) is 29.6 Å². The first-order valence-electron chi connectivity index (χ1n) is 7.14. The highest BCUT2D eigenvalue weighted by molar-refractivity contribution is 5.81. The van der Waals surface area contributed by atoms with Gasteiger partial charge in [-0.1, -0.05) is 27.7 Å². The normalized spacial score (nSPS) is 22.4. The van der Waals surface area contributed by atoms with Crippen LogP contribution >= 0.6 is 0 Å². The van der Waals surface area contributed by atoms with Crippen LogP contribution in [0, 0.1) is 11.8 Å². The molecule has 1 unspecified atom stereocenters. The fourth-order valence-corrected chi connectivity index (χ4v) is 2.81. The minimum absolute atomic E-state index is 0.0203. The Morgan fingerprint density at radius 3 is 2.45 bits per heavy atom. The van der Waals surface area contributed by atoms with Crippen molar-refractivity contribution in [1.29, 1.82) is 0 Å². The smallest absolute Gasteiger partial charge is 0.245 e. The van der Waals surface area contributed by atoms with E-state index in [9.17, 15) is 4.79 Å². The summed E-state index contributed by atoms with van der Waals surface area (Å²) in [5.41, 5.74) is 2.14. The van der Waals surface area contributed by atoms with Gasteiger partial charge in [0.05, 0.1) is 6.54 Å². The number of aliphatic imine (C=N–C) groups is 1. The standard InChI is InChI=1S/C15H23N4O/c1-6-19(15(20)18-8-7-16-9-18)10-17-13(11(2)3)14(19)12(4)5/h7-12H,6H2,1-5H3/q+1. The Morgan fingerprint density at radius 1 is 1.30 bits per heavy atom. The lowest BCUT2D eigenvalue weighted by Gasteiger charge is -2.30. The number of carbonyl (C=O) groups excluding carboxylic acids is 1. The van der Waals surface area contributed by atoms with Crippen LogP contribution in [0.3, 0.4) is 0 Å². The molecule has 0 radical (unpaired) electrons. The SMILES string of the molecule is CC[N+]1(C(=O)n2ccnc2)C=NC(C(C)C)=C1C(C)C. The number of imidazole rings is 1. The van der Waals surface area contributed by atoms with Gasteiger partial charge in [0, 0.05) is 24.2 Å². The lowest BCUT2D eigenvalue weighted by molar-refractivity contribution is -0.709. The summed E-state index contributed by atoms with van der Waals surface area (Å²) >= 11 is 0. The number of hydrogen-bond acceptors (Lipinski definition) is 3. The van der Waals surface area contributed by atoms with Gasteiger partial charge in [0.1, 0.15) is 17.7 Å². The summed E-state index contributed by atoms with van der Waals surface area (Å²) in [5.74, 6) is 0.577. The number of nitrogens with zero attached hydrogens (tertiary/aromatic N) is 4. The minimum Gasteiger partial charge on any atom is -0.245 e. The molecule has 0 fully saturated rings. The third kappa shape index (κ3) is 2.12. The highest BCUT2D eigenvalue weighted by Gasteiger charge is 2.47. The van der Waals surface area contributed by atoms with E-state index in [0.29, 0.717) is 12.5 Å². The molecule has 0 spiro atoms. The molecule has 20 heavy (non-hydrogen) atoms. The van der Waals surface area contributed by atoms with Crippen molar-refractivity contribution >= 4 is 12.4 Å². The van der Waals surface area contributed by atoms with Crippen LogP contribution in [0.25, 0.3) is 0 Å². The molecule has 1 aromatic rings. The molecule has 0 aromatic carbocycles. The Labute approximate surface area is 120 Å². The van der Waals surface area contributed by atoms with Crippen LogP contribution in [-0.2, 0) is 0 Å². The van der Waals surface area contributed by atoms with Crippen molar-refractivity contribution in [3.05, 3.63) is 30.1 Å². The third-order valence-corrected chi connectivity index (χ3v) is 3.75. The van der Waals surface area contributed by atoms with Crippen LogP contribution in [0.1, 0.15) is 34.6 Å². The fourth-order valence-electron chi connectivity index (χ4n) is 2.81. The molecule has 1 aliphatic rings. The van der Waals surface area contributed by atoms with Gasteiger partial charge >= 0.3 is 6.03 Å². The van der Waals surface area contributed by atoms with Crippen molar-refractivity contribution < 1.29 is 9.28 Å². The maximum atomic E-state index is 12.9. The molecule has 1 aliphatic heterocycles. The first kappa shape index (κ1) is 14.7. The van der Waals surface area contributed by atoms with Crippen LogP contribution in [0.15, 0.2) is 35.1 Å². The topological polar surface area (TPSA) is 47.2 Å². The summed E-state index contributed by atoms with van der Waals surface area (Å²) in [6.45, 7) is 11.2. The second kappa shape index (κ2) is 5.32. The van der Waals surface area contributed by atoms with E-state index >= 15 is 0 Å². The number of quaternary nitrogens is 1. The summed E-state index contributed by atoms with van der Waals surface area (Å²) in [5, 5.41) is 0. The van der Waals surface area contributed by atoms with E-state index in [0.717, 1.165) is 11.4 Å². The zero-order valence-corrected chi connectivity index (χ0v) is 12.9. The second-order valence-corrected chi connectivity index (χ2v) is 5.76. The molecular formula is C15H23N4O+. The molecule has 0 bridgehead atoms. The van der Waals surface area contributed by atoms with Gasteiger partial charge in [0.25, 0.3) is 0 Å². The number of hydrogen-bond donors (Lipinski definition) is 0. The highest BCUT2D eigenvalue weighted by Crippen LogP contribution is 2.35. The van der Waals surface area contributed by atoms with Crippen molar-refractivity contribution in [2.45, 2.75) is 34.6 Å². The van der Waals surface area contributed by atoms with Gasteiger partial charge < -0.3 is 0 Å². The Kier molecular flexibility index (Phi) is 3.90. The van der Waals surface area contributed by atoms with E-state index in [2.05, 4.69) is 37.7 Å². The highest BCUT2D eigenvalue weighted by atomic mass is 16.2. The molecule has 1 aromatic heterocycles. The summed E-state index contributed by atoms with van der Waals surface area (Å²) in [4.78, 5) is 21.5. The van der Waals surface area contributed by atoms with E-state index in [-0.39, 0.29) is 16.4 Å². The monoisotopic (exact) mass is 275 g/mol. The average Bonchev–Trinajstić information content (AvgIpc) is 3.05. The molecule has 0 saturated heterocycles. The van der Waals surface area contributed by atoms with Gasteiger partial charge in [0.15, 0.2) is 0 Å². The van der Waals surface area contributed by atoms with Gasteiger partial charge in [-0.15, -0.1) is 0 Å². The number of carbonyl (C=O) groups is 1. The Morgan fingerprint density at radius 2 is 2.00 bits per heavy atom. The molecule has 0 N–H and O–H groups in total. The molecular weight excluding hydrogens is 252 g/mol. The Bertz CT molecular complexity index is 554. The van der Waals surface area contributed by atoms with Crippen LogP contribution in [0.4, 0.5) is 4.79 Å². The van der Waals surface area contributed by atoms with Crippen LogP contribution in [0.5, 0.6) is 0 Å². The molecule has 2 heterocycles. The molecule has 5 heteroatoms. The number of amides is 1. The van der Waals surface area contributed by atoms with E-state index in [1.165, 1.54) is 0 Å². The van der Waals surface area contributed by atoms with E-state index < -0.39 is 0 Å². The molecule has 0 saturated carbocycles. The first-order valence-corrected chi connectivity index (χ1v) is 7.14. The van der Waals surface area contributed by atoms with Crippen molar-refractivity contribution in [3.8, 4) is 0 Å². The summed E-state index contributed by atoms with van der Waals surface area (Å²) in [6.07, 6.45) is 6.65. The van der Waals surface area contributed by atoms with Gasteiger partial charge in [-0.25, -0.2) is 19.3 Å². The molecule has 1 atom stereocenters. The van der Waals surface area contributed by atoms with Crippen molar-refractivity contribution in [2.75, 3.05) is 6.54 Å².